The van der Waals surface area contributed by atoms with Gasteiger partial charge in [-0.1, -0.05) is 24.3 Å². The highest BCUT2D eigenvalue weighted by molar-refractivity contribution is 5.92. The van der Waals surface area contributed by atoms with Crippen LogP contribution in [0, 0.1) is 12.7 Å². The third kappa shape index (κ3) is 5.37. The number of rotatable bonds is 5. The van der Waals surface area contributed by atoms with Crippen molar-refractivity contribution in [1.82, 2.24) is 9.80 Å². The van der Waals surface area contributed by atoms with Crippen LogP contribution in [0.2, 0.25) is 0 Å². The lowest BCUT2D eigenvalue weighted by atomic mass is 10.2. The van der Waals surface area contributed by atoms with Crippen LogP contribution in [0.25, 0.3) is 0 Å². The monoisotopic (exact) mass is 341 g/mol. The lowest BCUT2D eigenvalue weighted by Gasteiger charge is -2.34. The van der Waals surface area contributed by atoms with Crippen molar-refractivity contribution in [2.45, 2.75) is 13.5 Å². The first kappa shape index (κ1) is 17.6. The van der Waals surface area contributed by atoms with E-state index < -0.39 is 0 Å². The molecule has 1 saturated heterocycles. The van der Waals surface area contributed by atoms with Crippen molar-refractivity contribution in [1.29, 1.82) is 0 Å². The van der Waals surface area contributed by atoms with Crippen LogP contribution in [0.5, 0.6) is 0 Å². The van der Waals surface area contributed by atoms with Crippen LogP contribution in [0.4, 0.5) is 10.1 Å². The molecule has 0 aromatic heterocycles. The molecule has 1 amide bonds. The molecule has 0 aliphatic carbocycles. The van der Waals surface area contributed by atoms with Gasteiger partial charge >= 0.3 is 0 Å². The first-order valence-electron chi connectivity index (χ1n) is 8.64. The number of piperazine rings is 1. The highest BCUT2D eigenvalue weighted by atomic mass is 19.1. The molecule has 1 heterocycles. The van der Waals surface area contributed by atoms with E-state index in [-0.39, 0.29) is 11.7 Å². The van der Waals surface area contributed by atoms with E-state index >= 15 is 0 Å². The van der Waals surface area contributed by atoms with E-state index in [1.807, 2.05) is 43.3 Å². The molecule has 25 heavy (non-hydrogen) atoms. The zero-order valence-electron chi connectivity index (χ0n) is 14.5. The van der Waals surface area contributed by atoms with E-state index in [1.54, 1.807) is 0 Å². The average molecular weight is 341 g/mol. The highest BCUT2D eigenvalue weighted by Crippen LogP contribution is 2.11. The van der Waals surface area contributed by atoms with Crippen LogP contribution >= 0.6 is 0 Å². The Morgan fingerprint density at radius 2 is 1.72 bits per heavy atom. The molecule has 1 aliphatic rings. The number of hydrogen-bond acceptors (Lipinski definition) is 3. The Morgan fingerprint density at radius 3 is 2.40 bits per heavy atom. The van der Waals surface area contributed by atoms with Gasteiger partial charge in [0, 0.05) is 38.4 Å². The van der Waals surface area contributed by atoms with Gasteiger partial charge in [0.05, 0.1) is 6.54 Å². The van der Waals surface area contributed by atoms with E-state index in [0.717, 1.165) is 49.5 Å². The van der Waals surface area contributed by atoms with Gasteiger partial charge in [0.2, 0.25) is 5.91 Å². The molecule has 0 atom stereocenters. The molecule has 0 saturated carbocycles. The third-order valence-electron chi connectivity index (χ3n) is 4.45. The maximum Gasteiger partial charge on any atom is 0.238 e. The van der Waals surface area contributed by atoms with Crippen LogP contribution in [0.3, 0.4) is 0 Å². The minimum absolute atomic E-state index is 0.0255. The summed E-state index contributed by atoms with van der Waals surface area (Å²) in [5.41, 5.74) is 3.10. The van der Waals surface area contributed by atoms with Crippen molar-refractivity contribution >= 4 is 11.6 Å². The van der Waals surface area contributed by atoms with Gasteiger partial charge in [0.25, 0.3) is 0 Å². The summed E-state index contributed by atoms with van der Waals surface area (Å²) in [5, 5.41) is 2.96. The number of carbonyl (C=O) groups is 1. The second kappa shape index (κ2) is 8.23. The summed E-state index contributed by atoms with van der Waals surface area (Å²) >= 11 is 0. The Hall–Kier alpha value is -2.24. The molecular weight excluding hydrogens is 317 g/mol. The van der Waals surface area contributed by atoms with Crippen molar-refractivity contribution in [2.24, 2.45) is 0 Å². The minimum Gasteiger partial charge on any atom is -0.325 e. The smallest absolute Gasteiger partial charge is 0.238 e. The summed E-state index contributed by atoms with van der Waals surface area (Å²) < 4.78 is 13.0. The molecule has 4 nitrogen and oxygen atoms in total. The fourth-order valence-corrected chi connectivity index (χ4v) is 3.08. The molecule has 2 aromatic rings. The van der Waals surface area contributed by atoms with Crippen molar-refractivity contribution in [3.63, 3.8) is 0 Å². The molecule has 5 heteroatoms. The molecule has 3 rings (SSSR count). The number of anilines is 1. The zero-order valence-corrected chi connectivity index (χ0v) is 14.5. The number of amides is 1. The number of aryl methyl sites for hydroxylation is 1. The molecule has 1 fully saturated rings. The summed E-state index contributed by atoms with van der Waals surface area (Å²) in [6, 6.07) is 14.5. The predicted octanol–water partition coefficient (Wildman–Crippen LogP) is 2.89. The Kier molecular flexibility index (Phi) is 5.79. The zero-order chi connectivity index (χ0) is 17.6. The fraction of sp³-hybridized carbons (Fsp3) is 0.350. The molecule has 2 aromatic carbocycles. The molecular formula is C20H24FN3O. The summed E-state index contributed by atoms with van der Waals surface area (Å²) in [6.07, 6.45) is 0. The summed E-state index contributed by atoms with van der Waals surface area (Å²) in [5.74, 6) is -0.175. The standard InChI is InChI=1S/C20H24FN3O/c1-16-3-2-4-19(13-16)22-20(25)15-24-11-9-23(10-12-24)14-17-5-7-18(21)8-6-17/h2-8,13H,9-12,14-15H2,1H3,(H,22,25). The highest BCUT2D eigenvalue weighted by Gasteiger charge is 2.19. The van der Waals surface area contributed by atoms with Gasteiger partial charge in [-0.05, 0) is 42.3 Å². The van der Waals surface area contributed by atoms with Crippen molar-refractivity contribution in [3.8, 4) is 0 Å². The lowest BCUT2D eigenvalue weighted by Crippen LogP contribution is -2.48. The molecule has 1 N–H and O–H groups in total. The van der Waals surface area contributed by atoms with Crippen LogP contribution in [0.15, 0.2) is 48.5 Å². The largest absolute Gasteiger partial charge is 0.325 e. The molecule has 0 bridgehead atoms. The van der Waals surface area contributed by atoms with Crippen LogP contribution < -0.4 is 5.32 Å². The van der Waals surface area contributed by atoms with Gasteiger partial charge in [-0.15, -0.1) is 0 Å². The Morgan fingerprint density at radius 1 is 1.04 bits per heavy atom. The van der Waals surface area contributed by atoms with E-state index in [4.69, 9.17) is 0 Å². The maximum atomic E-state index is 13.0. The number of nitrogens with zero attached hydrogens (tertiary/aromatic N) is 2. The van der Waals surface area contributed by atoms with Crippen molar-refractivity contribution in [3.05, 3.63) is 65.5 Å². The SMILES string of the molecule is Cc1cccc(NC(=O)CN2CCN(Cc3ccc(F)cc3)CC2)c1. The quantitative estimate of drug-likeness (QED) is 0.908. The number of benzene rings is 2. The normalized spacial score (nSPS) is 15.9. The third-order valence-corrected chi connectivity index (χ3v) is 4.45. The Balaban J connectivity index is 1.42. The van der Waals surface area contributed by atoms with Crippen LogP contribution in [-0.4, -0.2) is 48.4 Å². The van der Waals surface area contributed by atoms with E-state index in [2.05, 4.69) is 15.1 Å². The van der Waals surface area contributed by atoms with E-state index in [9.17, 15) is 9.18 Å². The number of halogens is 1. The van der Waals surface area contributed by atoms with Crippen molar-refractivity contribution < 1.29 is 9.18 Å². The predicted molar refractivity (Wildman–Crippen MR) is 97.9 cm³/mol. The maximum absolute atomic E-state index is 13.0. The second-order valence-electron chi connectivity index (χ2n) is 6.60. The van der Waals surface area contributed by atoms with Gasteiger partial charge in [0.1, 0.15) is 5.82 Å². The lowest BCUT2D eigenvalue weighted by molar-refractivity contribution is -0.117. The first-order chi connectivity index (χ1) is 12.1. The van der Waals surface area contributed by atoms with E-state index in [1.165, 1.54) is 12.1 Å². The molecule has 132 valence electrons. The molecule has 0 unspecified atom stereocenters. The summed E-state index contributed by atoms with van der Waals surface area (Å²) in [7, 11) is 0. The molecule has 1 aliphatic heterocycles. The fourth-order valence-electron chi connectivity index (χ4n) is 3.08. The number of carbonyl (C=O) groups excluding carboxylic acids is 1. The summed E-state index contributed by atoms with van der Waals surface area (Å²) in [6.45, 7) is 6.80. The van der Waals surface area contributed by atoms with Gasteiger partial charge in [-0.3, -0.25) is 14.6 Å². The summed E-state index contributed by atoms with van der Waals surface area (Å²) in [4.78, 5) is 16.7. The average Bonchev–Trinajstić information content (AvgIpc) is 2.59. The van der Waals surface area contributed by atoms with Gasteiger partial charge in [0.15, 0.2) is 0 Å². The van der Waals surface area contributed by atoms with Crippen LogP contribution in [0.1, 0.15) is 11.1 Å². The van der Waals surface area contributed by atoms with E-state index in [0.29, 0.717) is 6.54 Å². The topological polar surface area (TPSA) is 35.6 Å². The van der Waals surface area contributed by atoms with Gasteiger partial charge in [-0.25, -0.2) is 4.39 Å². The van der Waals surface area contributed by atoms with Gasteiger partial charge in [-0.2, -0.15) is 0 Å². The minimum atomic E-state index is -0.201. The Bertz CT molecular complexity index is 709. The van der Waals surface area contributed by atoms with Gasteiger partial charge < -0.3 is 5.32 Å². The number of hydrogen-bond donors (Lipinski definition) is 1. The number of nitrogens with one attached hydrogen (secondary N) is 1. The second-order valence-corrected chi connectivity index (χ2v) is 6.60. The first-order valence-corrected chi connectivity index (χ1v) is 8.64. The van der Waals surface area contributed by atoms with Crippen molar-refractivity contribution in [2.75, 3.05) is 38.0 Å². The Labute approximate surface area is 148 Å². The molecule has 0 radical (unpaired) electrons. The molecule has 0 spiro atoms. The van der Waals surface area contributed by atoms with Crippen LogP contribution in [-0.2, 0) is 11.3 Å².